The van der Waals surface area contributed by atoms with Crippen LogP contribution in [0.15, 0.2) is 54.6 Å². The molecular weight excluding hydrogens is 348 g/mol. The smallest absolute Gasteiger partial charge is 0.0155 e. The summed E-state index contributed by atoms with van der Waals surface area (Å²) in [7, 11) is 0. The molecule has 3 unspecified atom stereocenters. The van der Waals surface area contributed by atoms with Gasteiger partial charge >= 0.3 is 0 Å². The predicted molar refractivity (Wildman–Crippen MR) is 135 cm³/mol. The van der Waals surface area contributed by atoms with Crippen molar-refractivity contribution in [1.29, 1.82) is 0 Å². The van der Waals surface area contributed by atoms with Gasteiger partial charge in [-0.25, -0.2) is 0 Å². The quantitative estimate of drug-likeness (QED) is 0.395. The Kier molecular flexibility index (Phi) is 16.4. The summed E-state index contributed by atoms with van der Waals surface area (Å²) in [6.07, 6.45) is 8.37. The minimum Gasteiger partial charge on any atom is -0.0683 e. The highest BCUT2D eigenvalue weighted by atomic mass is 14.2. The number of hydrogen-bond acceptors (Lipinski definition) is 0. The molecule has 2 aromatic rings. The van der Waals surface area contributed by atoms with Crippen LogP contribution >= 0.6 is 0 Å². The highest BCUT2D eigenvalue weighted by Gasteiger charge is 2.14. The van der Waals surface area contributed by atoms with E-state index in [2.05, 4.69) is 90.1 Å². The summed E-state index contributed by atoms with van der Waals surface area (Å²) < 4.78 is 0. The van der Waals surface area contributed by atoms with Crippen LogP contribution in [0, 0.1) is 24.7 Å². The van der Waals surface area contributed by atoms with Gasteiger partial charge in [0.05, 0.1) is 0 Å². The normalized spacial score (nSPS) is 13.2. The summed E-state index contributed by atoms with van der Waals surface area (Å²) >= 11 is 0. The van der Waals surface area contributed by atoms with E-state index in [1.165, 1.54) is 55.2 Å². The second kappa shape index (κ2) is 17.3. The minimum absolute atomic E-state index is 0.918. The van der Waals surface area contributed by atoms with Gasteiger partial charge in [-0.05, 0) is 47.8 Å². The topological polar surface area (TPSA) is 0 Å². The molecule has 0 nitrogen and oxygen atoms in total. The fourth-order valence-corrected chi connectivity index (χ4v) is 3.79. The Hall–Kier alpha value is -1.56. The number of aryl methyl sites for hydroxylation is 1. The van der Waals surface area contributed by atoms with Crippen LogP contribution in [0.3, 0.4) is 0 Å². The molecule has 0 amide bonds. The van der Waals surface area contributed by atoms with Crippen molar-refractivity contribution in [2.24, 2.45) is 17.8 Å². The van der Waals surface area contributed by atoms with Gasteiger partial charge in [0, 0.05) is 0 Å². The lowest BCUT2D eigenvalue weighted by Crippen LogP contribution is -2.11. The molecule has 0 aliphatic carbocycles. The van der Waals surface area contributed by atoms with Crippen LogP contribution in [0.25, 0.3) is 11.1 Å². The molecule has 0 saturated carbocycles. The van der Waals surface area contributed by atoms with Crippen molar-refractivity contribution >= 4 is 0 Å². The zero-order valence-corrected chi connectivity index (χ0v) is 20.7. The maximum Gasteiger partial charge on any atom is -0.0155 e. The molecule has 0 aliphatic heterocycles. The lowest BCUT2D eigenvalue weighted by Gasteiger charge is -2.22. The van der Waals surface area contributed by atoms with Crippen LogP contribution in [-0.2, 0) is 0 Å². The lowest BCUT2D eigenvalue weighted by atomic mass is 9.83. The van der Waals surface area contributed by atoms with E-state index in [4.69, 9.17) is 0 Å². The van der Waals surface area contributed by atoms with Gasteiger partial charge < -0.3 is 0 Å². The van der Waals surface area contributed by atoms with Crippen LogP contribution in [0.5, 0.6) is 0 Å². The van der Waals surface area contributed by atoms with Crippen LogP contribution in [0.1, 0.15) is 92.6 Å². The monoisotopic (exact) mass is 396 g/mol. The molecular formula is C29H48. The minimum atomic E-state index is 0.918. The molecule has 0 N–H and O–H groups in total. The summed E-state index contributed by atoms with van der Waals surface area (Å²) in [5.74, 6) is 2.77. The van der Waals surface area contributed by atoms with Crippen molar-refractivity contribution in [3.05, 3.63) is 60.2 Å². The molecule has 0 aliphatic rings. The second-order valence-electron chi connectivity index (χ2n) is 8.41. The predicted octanol–water partition coefficient (Wildman–Crippen LogP) is 9.96. The summed E-state index contributed by atoms with van der Waals surface area (Å²) in [5, 5.41) is 0. The van der Waals surface area contributed by atoms with E-state index in [1.54, 1.807) is 0 Å². The highest BCUT2D eigenvalue weighted by Crippen LogP contribution is 2.26. The molecule has 3 atom stereocenters. The van der Waals surface area contributed by atoms with Gasteiger partial charge in [0.1, 0.15) is 0 Å². The largest absolute Gasteiger partial charge is 0.0683 e. The van der Waals surface area contributed by atoms with Crippen LogP contribution in [0.4, 0.5) is 0 Å². The average Bonchev–Trinajstić information content (AvgIpc) is 2.75. The van der Waals surface area contributed by atoms with Crippen molar-refractivity contribution in [3.63, 3.8) is 0 Å². The van der Waals surface area contributed by atoms with E-state index >= 15 is 0 Å². The van der Waals surface area contributed by atoms with E-state index < -0.39 is 0 Å². The first kappa shape index (κ1) is 27.4. The first-order valence-corrected chi connectivity index (χ1v) is 12.1. The Morgan fingerprint density at radius 3 is 1.83 bits per heavy atom. The fourth-order valence-electron chi connectivity index (χ4n) is 3.79. The maximum absolute atomic E-state index is 2.43. The third-order valence-corrected chi connectivity index (χ3v) is 5.77. The van der Waals surface area contributed by atoms with Gasteiger partial charge in [-0.2, -0.15) is 0 Å². The first-order valence-electron chi connectivity index (χ1n) is 12.1. The van der Waals surface area contributed by atoms with Crippen LogP contribution in [-0.4, -0.2) is 0 Å². The Balaban J connectivity index is 0.000000498. The van der Waals surface area contributed by atoms with Gasteiger partial charge in [-0.15, -0.1) is 0 Å². The van der Waals surface area contributed by atoms with Crippen molar-refractivity contribution in [3.8, 4) is 11.1 Å². The molecule has 2 aromatic carbocycles. The van der Waals surface area contributed by atoms with E-state index in [0.717, 1.165) is 17.8 Å². The lowest BCUT2D eigenvalue weighted by molar-refractivity contribution is 0.288. The summed E-state index contributed by atoms with van der Waals surface area (Å²) in [6.45, 7) is 18.0. The molecule has 2 rings (SSSR count). The van der Waals surface area contributed by atoms with Gasteiger partial charge in [0.2, 0.25) is 0 Å². The Bertz CT molecular complexity index is 598. The third-order valence-electron chi connectivity index (χ3n) is 5.77. The van der Waals surface area contributed by atoms with Crippen molar-refractivity contribution in [1.82, 2.24) is 0 Å². The van der Waals surface area contributed by atoms with Gasteiger partial charge in [0.15, 0.2) is 0 Å². The standard InChI is InChI=1S/C14H30.C13H12.C2H6/c1-6-8-10-12(3)11-14(5)13(4)9-7-2;1-11-7-5-6-10-13(11)12-8-3-2-4-9-12;1-2/h12-14H,6-11H2,1-5H3;2-10H,1H3;1-2H3. The van der Waals surface area contributed by atoms with Gasteiger partial charge in [-0.3, -0.25) is 0 Å². The third kappa shape index (κ3) is 11.9. The highest BCUT2D eigenvalue weighted by molar-refractivity contribution is 5.66. The molecule has 0 radical (unpaired) electrons. The van der Waals surface area contributed by atoms with Gasteiger partial charge in [0.25, 0.3) is 0 Å². The molecule has 0 saturated heterocycles. The molecule has 0 aromatic heterocycles. The molecule has 0 fully saturated rings. The number of benzene rings is 2. The van der Waals surface area contributed by atoms with Crippen molar-refractivity contribution in [2.45, 2.75) is 93.9 Å². The van der Waals surface area contributed by atoms with E-state index in [-0.39, 0.29) is 0 Å². The summed E-state index contributed by atoms with van der Waals surface area (Å²) in [5.41, 5.74) is 3.94. The van der Waals surface area contributed by atoms with Crippen LogP contribution < -0.4 is 0 Å². The molecule has 29 heavy (non-hydrogen) atoms. The molecule has 164 valence electrons. The van der Waals surface area contributed by atoms with E-state index in [1.807, 2.05) is 19.9 Å². The second-order valence-corrected chi connectivity index (χ2v) is 8.41. The Labute approximate surface area is 183 Å². The fraction of sp³-hybridized carbons (Fsp3) is 0.586. The van der Waals surface area contributed by atoms with E-state index in [9.17, 15) is 0 Å². The Morgan fingerprint density at radius 2 is 1.28 bits per heavy atom. The number of rotatable bonds is 9. The summed E-state index contributed by atoms with van der Waals surface area (Å²) in [4.78, 5) is 0. The molecule has 0 heterocycles. The van der Waals surface area contributed by atoms with Crippen molar-refractivity contribution < 1.29 is 0 Å². The maximum atomic E-state index is 2.43. The number of unbranched alkanes of at least 4 members (excludes halogenated alkanes) is 1. The van der Waals surface area contributed by atoms with E-state index in [0.29, 0.717) is 0 Å². The van der Waals surface area contributed by atoms with Crippen molar-refractivity contribution in [2.75, 3.05) is 0 Å². The average molecular weight is 397 g/mol. The Morgan fingerprint density at radius 1 is 0.690 bits per heavy atom. The van der Waals surface area contributed by atoms with Gasteiger partial charge in [-0.1, -0.05) is 135 Å². The zero-order valence-electron chi connectivity index (χ0n) is 20.7. The number of hydrogen-bond donors (Lipinski definition) is 0. The first-order chi connectivity index (χ1) is 14.0. The molecule has 0 bridgehead atoms. The summed E-state index contributed by atoms with van der Waals surface area (Å²) in [6, 6.07) is 18.9. The molecule has 0 spiro atoms. The SMILES string of the molecule is CC.CCCCC(C)CC(C)C(C)CCC.Cc1ccccc1-c1ccccc1. The molecule has 0 heteroatoms. The zero-order chi connectivity index (χ0) is 22.1. The van der Waals surface area contributed by atoms with Crippen LogP contribution in [0.2, 0.25) is 0 Å².